The zero-order chi connectivity index (χ0) is 13.4. The molecule has 5 heteroatoms. The molecule has 0 amide bonds. The van der Waals surface area contributed by atoms with E-state index in [0.717, 1.165) is 5.69 Å². The van der Waals surface area contributed by atoms with Crippen molar-refractivity contribution in [3.63, 3.8) is 0 Å². The van der Waals surface area contributed by atoms with Crippen molar-refractivity contribution in [2.75, 3.05) is 31.7 Å². The van der Waals surface area contributed by atoms with Crippen molar-refractivity contribution >= 4 is 17.3 Å². The summed E-state index contributed by atoms with van der Waals surface area (Å²) in [6.07, 6.45) is 0.417. The quantitative estimate of drug-likeness (QED) is 0.791. The van der Waals surface area contributed by atoms with Gasteiger partial charge in [0.05, 0.1) is 41.4 Å². The van der Waals surface area contributed by atoms with E-state index in [9.17, 15) is 0 Å². The van der Waals surface area contributed by atoms with Crippen molar-refractivity contribution in [3.8, 4) is 12.1 Å². The fourth-order valence-electron chi connectivity index (χ4n) is 1.57. The Morgan fingerprint density at radius 3 is 2.67 bits per heavy atom. The third kappa shape index (κ3) is 3.92. The van der Waals surface area contributed by atoms with Crippen molar-refractivity contribution in [2.45, 2.75) is 6.42 Å². The molecule has 1 rings (SSSR count). The van der Waals surface area contributed by atoms with Crippen LogP contribution in [0, 0.1) is 22.7 Å². The lowest BCUT2D eigenvalue weighted by molar-refractivity contribution is 0.205. The molecular weight excluding hydrogens is 250 g/mol. The summed E-state index contributed by atoms with van der Waals surface area (Å²) >= 11 is 6.14. The van der Waals surface area contributed by atoms with E-state index in [1.165, 1.54) is 0 Å². The van der Waals surface area contributed by atoms with E-state index >= 15 is 0 Å². The topological polar surface area (TPSA) is 60.0 Å². The minimum absolute atomic E-state index is 0.417. The Bertz CT molecular complexity index is 476. The van der Waals surface area contributed by atoms with E-state index in [1.54, 1.807) is 25.3 Å². The molecule has 0 aliphatic heterocycles. The van der Waals surface area contributed by atoms with Gasteiger partial charge in [0.1, 0.15) is 0 Å². The van der Waals surface area contributed by atoms with Crippen molar-refractivity contribution in [3.05, 3.63) is 28.8 Å². The van der Waals surface area contributed by atoms with Crippen LogP contribution in [-0.2, 0) is 4.74 Å². The molecule has 0 saturated heterocycles. The van der Waals surface area contributed by atoms with Crippen LogP contribution in [0.15, 0.2) is 18.2 Å². The number of nitriles is 2. The van der Waals surface area contributed by atoms with Crippen molar-refractivity contribution < 1.29 is 4.74 Å². The maximum absolute atomic E-state index is 8.79. The molecule has 0 aliphatic carbocycles. The van der Waals surface area contributed by atoms with Crippen molar-refractivity contribution in [1.29, 1.82) is 10.5 Å². The molecule has 1 aromatic carbocycles. The van der Waals surface area contributed by atoms with Gasteiger partial charge in [0, 0.05) is 20.2 Å². The van der Waals surface area contributed by atoms with E-state index in [4.69, 9.17) is 26.9 Å². The average molecular weight is 264 g/mol. The molecule has 94 valence electrons. The minimum Gasteiger partial charge on any atom is -0.383 e. The fourth-order valence-corrected chi connectivity index (χ4v) is 1.87. The normalized spacial score (nSPS) is 9.56. The first-order valence-corrected chi connectivity index (χ1v) is 5.91. The second kappa shape index (κ2) is 7.55. The Hall–Kier alpha value is -1.75. The number of benzene rings is 1. The lowest BCUT2D eigenvalue weighted by atomic mass is 10.2. The molecule has 0 aliphatic rings. The van der Waals surface area contributed by atoms with Crippen LogP contribution in [0.2, 0.25) is 5.02 Å². The summed E-state index contributed by atoms with van der Waals surface area (Å²) in [5.74, 6) is 0. The van der Waals surface area contributed by atoms with Crippen LogP contribution in [0.4, 0.5) is 5.69 Å². The van der Waals surface area contributed by atoms with Gasteiger partial charge in [0.25, 0.3) is 0 Å². The van der Waals surface area contributed by atoms with Gasteiger partial charge >= 0.3 is 0 Å². The number of ether oxygens (including phenoxy) is 1. The predicted octanol–water partition coefficient (Wildman–Crippen LogP) is 2.58. The number of nitrogens with zero attached hydrogens (tertiary/aromatic N) is 3. The standard InChI is InChI=1S/C13H14ClN3O/c1-18-8-7-17(6-2-5-15)13-4-3-11(10-16)9-12(13)14/h3-4,9H,2,6-8H2,1H3. The Morgan fingerprint density at radius 2 is 2.11 bits per heavy atom. The number of methoxy groups -OCH3 is 1. The summed E-state index contributed by atoms with van der Waals surface area (Å²) in [5.41, 5.74) is 1.35. The first-order chi connectivity index (χ1) is 8.72. The first-order valence-electron chi connectivity index (χ1n) is 5.53. The first kappa shape index (κ1) is 14.3. The molecule has 0 unspecified atom stereocenters. The second-order valence-electron chi connectivity index (χ2n) is 3.67. The van der Waals surface area contributed by atoms with Crippen molar-refractivity contribution in [2.24, 2.45) is 0 Å². The van der Waals surface area contributed by atoms with Gasteiger partial charge in [-0.2, -0.15) is 10.5 Å². The summed E-state index contributed by atoms with van der Waals surface area (Å²) in [6, 6.07) is 9.29. The van der Waals surface area contributed by atoms with Gasteiger partial charge < -0.3 is 9.64 Å². The molecular formula is C13H14ClN3O. The minimum atomic E-state index is 0.417. The zero-order valence-corrected chi connectivity index (χ0v) is 10.9. The zero-order valence-electron chi connectivity index (χ0n) is 10.2. The molecule has 0 aromatic heterocycles. The molecule has 0 spiro atoms. The number of hydrogen-bond donors (Lipinski definition) is 0. The monoisotopic (exact) mass is 263 g/mol. The van der Waals surface area contributed by atoms with Gasteiger partial charge in [0.15, 0.2) is 0 Å². The molecule has 18 heavy (non-hydrogen) atoms. The summed E-state index contributed by atoms with van der Waals surface area (Å²) < 4.78 is 5.04. The lowest BCUT2D eigenvalue weighted by Crippen LogP contribution is -2.28. The second-order valence-corrected chi connectivity index (χ2v) is 4.07. The molecule has 0 atom stereocenters. The molecule has 0 fully saturated rings. The number of halogens is 1. The van der Waals surface area contributed by atoms with Crippen LogP contribution in [0.1, 0.15) is 12.0 Å². The fraction of sp³-hybridized carbons (Fsp3) is 0.385. The third-order valence-electron chi connectivity index (χ3n) is 2.48. The molecule has 0 bridgehead atoms. The van der Waals surface area contributed by atoms with Crippen LogP contribution < -0.4 is 4.90 Å². The molecule has 0 saturated carbocycles. The molecule has 4 nitrogen and oxygen atoms in total. The molecule has 0 heterocycles. The van der Waals surface area contributed by atoms with Crippen LogP contribution in [-0.4, -0.2) is 26.8 Å². The highest BCUT2D eigenvalue weighted by atomic mass is 35.5. The number of hydrogen-bond acceptors (Lipinski definition) is 4. The van der Waals surface area contributed by atoms with Crippen LogP contribution in [0.3, 0.4) is 0 Å². The smallest absolute Gasteiger partial charge is 0.0992 e. The Morgan fingerprint density at radius 1 is 1.33 bits per heavy atom. The van der Waals surface area contributed by atoms with Crippen LogP contribution in [0.25, 0.3) is 0 Å². The highest BCUT2D eigenvalue weighted by Crippen LogP contribution is 2.26. The summed E-state index contributed by atoms with van der Waals surface area (Å²) in [7, 11) is 1.63. The lowest BCUT2D eigenvalue weighted by Gasteiger charge is -2.24. The average Bonchev–Trinajstić information content (AvgIpc) is 2.39. The van der Waals surface area contributed by atoms with E-state index in [1.807, 2.05) is 11.0 Å². The summed E-state index contributed by atoms with van der Waals surface area (Å²) in [6.45, 7) is 1.80. The largest absolute Gasteiger partial charge is 0.383 e. The molecule has 0 N–H and O–H groups in total. The Labute approximate surface area is 112 Å². The van der Waals surface area contributed by atoms with Gasteiger partial charge in [-0.25, -0.2) is 0 Å². The highest BCUT2D eigenvalue weighted by molar-refractivity contribution is 6.33. The summed E-state index contributed by atoms with van der Waals surface area (Å²) in [4.78, 5) is 1.98. The maximum Gasteiger partial charge on any atom is 0.0992 e. The molecule has 1 aromatic rings. The van der Waals surface area contributed by atoms with E-state index < -0.39 is 0 Å². The van der Waals surface area contributed by atoms with Crippen molar-refractivity contribution in [1.82, 2.24) is 0 Å². The van der Waals surface area contributed by atoms with E-state index in [2.05, 4.69) is 6.07 Å². The number of rotatable bonds is 6. The molecule has 0 radical (unpaired) electrons. The highest BCUT2D eigenvalue weighted by Gasteiger charge is 2.10. The number of anilines is 1. The third-order valence-corrected chi connectivity index (χ3v) is 2.78. The Balaban J connectivity index is 2.90. The van der Waals surface area contributed by atoms with E-state index in [-0.39, 0.29) is 0 Å². The van der Waals surface area contributed by atoms with Gasteiger partial charge in [-0.3, -0.25) is 0 Å². The van der Waals surface area contributed by atoms with Gasteiger partial charge in [0.2, 0.25) is 0 Å². The maximum atomic E-state index is 8.79. The van der Waals surface area contributed by atoms with Gasteiger partial charge in [-0.1, -0.05) is 11.6 Å². The van der Waals surface area contributed by atoms with Crippen LogP contribution >= 0.6 is 11.6 Å². The van der Waals surface area contributed by atoms with Crippen LogP contribution in [0.5, 0.6) is 0 Å². The van der Waals surface area contributed by atoms with Gasteiger partial charge in [-0.05, 0) is 18.2 Å². The summed E-state index contributed by atoms with van der Waals surface area (Å²) in [5, 5.41) is 18.0. The van der Waals surface area contributed by atoms with E-state index in [0.29, 0.717) is 36.7 Å². The Kier molecular flexibility index (Phi) is 6.00. The van der Waals surface area contributed by atoms with Gasteiger partial charge in [-0.15, -0.1) is 0 Å². The predicted molar refractivity (Wildman–Crippen MR) is 70.5 cm³/mol. The SMILES string of the molecule is COCCN(CCC#N)c1ccc(C#N)cc1Cl.